The van der Waals surface area contributed by atoms with Crippen LogP contribution in [0.3, 0.4) is 0 Å². The molecule has 1 unspecified atom stereocenters. The molecule has 0 rings (SSSR count). The molecule has 0 aliphatic rings. The number of Topliss-reactive ketones (excluding diaryl/α,β-unsaturated/α-hetero) is 2. The second kappa shape index (κ2) is 10.5. The van der Waals surface area contributed by atoms with Crippen molar-refractivity contribution >= 4 is 11.6 Å². The summed E-state index contributed by atoms with van der Waals surface area (Å²) in [5.41, 5.74) is 0. The van der Waals surface area contributed by atoms with E-state index in [9.17, 15) is 9.59 Å². The van der Waals surface area contributed by atoms with Crippen molar-refractivity contribution in [3.63, 3.8) is 0 Å². The van der Waals surface area contributed by atoms with E-state index in [2.05, 4.69) is 13.8 Å². The minimum absolute atomic E-state index is 0.135. The molecule has 0 aromatic carbocycles. The van der Waals surface area contributed by atoms with Crippen molar-refractivity contribution in [1.82, 2.24) is 0 Å². The summed E-state index contributed by atoms with van der Waals surface area (Å²) in [6.45, 7) is 5.90. The van der Waals surface area contributed by atoms with Crippen molar-refractivity contribution in [2.45, 2.75) is 78.6 Å². The second-order valence-corrected chi connectivity index (χ2v) is 5.00. The lowest BCUT2D eigenvalue weighted by Crippen LogP contribution is -2.15. The maximum Gasteiger partial charge on any atom is 0.135 e. The summed E-state index contributed by atoms with van der Waals surface area (Å²) >= 11 is 0. The van der Waals surface area contributed by atoms with Crippen LogP contribution in [0, 0.1) is 5.92 Å². The van der Waals surface area contributed by atoms with Gasteiger partial charge in [0.2, 0.25) is 0 Å². The van der Waals surface area contributed by atoms with E-state index < -0.39 is 0 Å². The number of hydrogen-bond donors (Lipinski definition) is 0. The molecule has 100 valence electrons. The number of rotatable bonds is 11. The van der Waals surface area contributed by atoms with Crippen LogP contribution >= 0.6 is 0 Å². The van der Waals surface area contributed by atoms with Gasteiger partial charge in [0.1, 0.15) is 11.6 Å². The van der Waals surface area contributed by atoms with E-state index in [4.69, 9.17) is 0 Å². The second-order valence-electron chi connectivity index (χ2n) is 5.00. The van der Waals surface area contributed by atoms with Gasteiger partial charge in [-0.1, -0.05) is 39.5 Å². The monoisotopic (exact) mass is 240 g/mol. The van der Waals surface area contributed by atoms with Crippen LogP contribution in [0.2, 0.25) is 0 Å². The Morgan fingerprint density at radius 3 is 2.06 bits per heavy atom. The van der Waals surface area contributed by atoms with Crippen LogP contribution in [0.15, 0.2) is 0 Å². The Hall–Kier alpha value is -0.660. The Balaban J connectivity index is 4.04. The van der Waals surface area contributed by atoms with Gasteiger partial charge in [-0.3, -0.25) is 4.79 Å². The van der Waals surface area contributed by atoms with Crippen molar-refractivity contribution in [3.8, 4) is 0 Å². The molecule has 1 atom stereocenters. The van der Waals surface area contributed by atoms with E-state index in [1.165, 1.54) is 0 Å². The zero-order valence-corrected chi connectivity index (χ0v) is 11.8. The molecule has 0 spiro atoms. The van der Waals surface area contributed by atoms with Crippen LogP contribution in [-0.4, -0.2) is 11.6 Å². The van der Waals surface area contributed by atoms with Crippen molar-refractivity contribution in [2.75, 3.05) is 0 Å². The van der Waals surface area contributed by atoms with Gasteiger partial charge in [-0.2, -0.15) is 0 Å². The average Bonchev–Trinajstić information content (AvgIpc) is 2.29. The van der Waals surface area contributed by atoms with Crippen molar-refractivity contribution in [1.29, 1.82) is 0 Å². The first-order valence-electron chi connectivity index (χ1n) is 7.13. The van der Waals surface area contributed by atoms with Crippen LogP contribution in [0.4, 0.5) is 0 Å². The molecule has 0 amide bonds. The molecule has 0 saturated heterocycles. The summed E-state index contributed by atoms with van der Waals surface area (Å²) < 4.78 is 0. The summed E-state index contributed by atoms with van der Waals surface area (Å²) in [4.78, 5) is 23.0. The number of carbonyl (C=O) groups excluding carboxylic acids is 2. The zero-order chi connectivity index (χ0) is 13.1. The van der Waals surface area contributed by atoms with E-state index >= 15 is 0 Å². The lowest BCUT2D eigenvalue weighted by atomic mass is 9.89. The third-order valence-corrected chi connectivity index (χ3v) is 3.23. The van der Waals surface area contributed by atoms with E-state index in [1.807, 2.05) is 0 Å². The Morgan fingerprint density at radius 2 is 1.53 bits per heavy atom. The molecule has 2 nitrogen and oxygen atoms in total. The number of ketones is 2. The third kappa shape index (κ3) is 9.08. The van der Waals surface area contributed by atoms with Gasteiger partial charge in [0.05, 0.1) is 0 Å². The summed E-state index contributed by atoms with van der Waals surface area (Å²) in [7, 11) is 0. The SMILES string of the molecule is CCCCCC(=O)C(CCCC)CCC(C)=O. The molecule has 0 heterocycles. The predicted molar refractivity (Wildman–Crippen MR) is 72.1 cm³/mol. The van der Waals surface area contributed by atoms with Gasteiger partial charge >= 0.3 is 0 Å². The lowest BCUT2D eigenvalue weighted by molar-refractivity contribution is -0.124. The normalized spacial score (nSPS) is 12.4. The summed E-state index contributed by atoms with van der Waals surface area (Å²) in [6.07, 6.45) is 8.53. The predicted octanol–water partition coefficient (Wildman–Crippen LogP) is 4.31. The van der Waals surface area contributed by atoms with E-state index in [0.29, 0.717) is 18.6 Å². The van der Waals surface area contributed by atoms with Crippen LogP contribution in [0.5, 0.6) is 0 Å². The highest BCUT2D eigenvalue weighted by Gasteiger charge is 2.17. The fourth-order valence-corrected chi connectivity index (χ4v) is 2.05. The molecule has 0 fully saturated rings. The molecule has 0 radical (unpaired) electrons. The van der Waals surface area contributed by atoms with Gasteiger partial charge in [0, 0.05) is 18.8 Å². The van der Waals surface area contributed by atoms with Gasteiger partial charge in [-0.15, -0.1) is 0 Å². The van der Waals surface area contributed by atoms with Crippen molar-refractivity contribution < 1.29 is 9.59 Å². The topological polar surface area (TPSA) is 34.1 Å². The van der Waals surface area contributed by atoms with Gasteiger partial charge in [0.25, 0.3) is 0 Å². The largest absolute Gasteiger partial charge is 0.300 e. The minimum atomic E-state index is 0.135. The lowest BCUT2D eigenvalue weighted by Gasteiger charge is -2.14. The average molecular weight is 240 g/mol. The maximum atomic E-state index is 12.0. The van der Waals surface area contributed by atoms with Crippen molar-refractivity contribution in [3.05, 3.63) is 0 Å². The molecule has 0 aliphatic carbocycles. The van der Waals surface area contributed by atoms with E-state index in [1.54, 1.807) is 6.92 Å². The first-order chi connectivity index (χ1) is 8.11. The van der Waals surface area contributed by atoms with Crippen LogP contribution in [0.1, 0.15) is 78.6 Å². The van der Waals surface area contributed by atoms with Gasteiger partial charge in [-0.05, 0) is 26.2 Å². The Morgan fingerprint density at radius 1 is 0.882 bits per heavy atom. The number of carbonyl (C=O) groups is 2. The minimum Gasteiger partial charge on any atom is -0.300 e. The fraction of sp³-hybridized carbons (Fsp3) is 0.867. The first kappa shape index (κ1) is 16.3. The summed E-state index contributed by atoms with van der Waals surface area (Å²) in [6, 6.07) is 0. The summed E-state index contributed by atoms with van der Waals surface area (Å²) in [5.74, 6) is 0.719. The van der Waals surface area contributed by atoms with E-state index in [-0.39, 0.29) is 11.7 Å². The number of unbranched alkanes of at least 4 members (excludes halogenated alkanes) is 3. The van der Waals surface area contributed by atoms with Crippen LogP contribution < -0.4 is 0 Å². The third-order valence-electron chi connectivity index (χ3n) is 3.23. The molecular formula is C15H28O2. The van der Waals surface area contributed by atoms with Gasteiger partial charge in [-0.25, -0.2) is 0 Å². The van der Waals surface area contributed by atoms with Crippen molar-refractivity contribution in [2.24, 2.45) is 5.92 Å². The number of hydrogen-bond acceptors (Lipinski definition) is 2. The summed E-state index contributed by atoms with van der Waals surface area (Å²) in [5, 5.41) is 0. The maximum absolute atomic E-state index is 12.0. The van der Waals surface area contributed by atoms with Gasteiger partial charge < -0.3 is 4.79 Å². The molecule has 0 aromatic heterocycles. The molecule has 0 bridgehead atoms. The Labute approximate surface area is 106 Å². The van der Waals surface area contributed by atoms with Crippen LogP contribution in [-0.2, 0) is 9.59 Å². The fourth-order valence-electron chi connectivity index (χ4n) is 2.05. The molecule has 17 heavy (non-hydrogen) atoms. The Bertz CT molecular complexity index is 221. The first-order valence-corrected chi connectivity index (χ1v) is 7.13. The molecular weight excluding hydrogens is 212 g/mol. The Kier molecular flexibility index (Phi) is 10.1. The molecule has 0 aliphatic heterocycles. The highest BCUT2D eigenvalue weighted by molar-refractivity contribution is 5.82. The smallest absolute Gasteiger partial charge is 0.135 e. The van der Waals surface area contributed by atoms with Gasteiger partial charge in [0.15, 0.2) is 0 Å². The highest BCUT2D eigenvalue weighted by Crippen LogP contribution is 2.19. The molecule has 0 N–H and O–H groups in total. The quantitative estimate of drug-likeness (QED) is 0.504. The standard InChI is InChI=1S/C15H28O2/c1-4-6-8-10-15(17)14(9-7-5-2)12-11-13(3)16/h14H,4-12H2,1-3H3. The van der Waals surface area contributed by atoms with Crippen LogP contribution in [0.25, 0.3) is 0 Å². The molecule has 0 saturated carbocycles. The highest BCUT2D eigenvalue weighted by atomic mass is 16.1. The van der Waals surface area contributed by atoms with E-state index in [0.717, 1.165) is 44.9 Å². The molecule has 2 heteroatoms. The molecule has 0 aromatic rings. The zero-order valence-electron chi connectivity index (χ0n) is 11.8.